The van der Waals surface area contributed by atoms with Gasteiger partial charge in [0, 0.05) is 6.04 Å². The summed E-state index contributed by atoms with van der Waals surface area (Å²) in [6, 6.07) is 6.48. The molecule has 2 aliphatic rings. The molecule has 1 saturated heterocycles. The fourth-order valence-electron chi connectivity index (χ4n) is 4.05. The van der Waals surface area contributed by atoms with Gasteiger partial charge in [-0.05, 0) is 62.8 Å². The van der Waals surface area contributed by atoms with Gasteiger partial charge in [-0.25, -0.2) is 0 Å². The number of hydrogen-bond acceptors (Lipinski definition) is 3. The van der Waals surface area contributed by atoms with Crippen LogP contribution in [0.4, 0.5) is 0 Å². The number of fused-ring (bicyclic) bond motifs is 1. The van der Waals surface area contributed by atoms with Crippen molar-refractivity contribution < 1.29 is 9.53 Å². The van der Waals surface area contributed by atoms with E-state index in [9.17, 15) is 4.79 Å². The lowest BCUT2D eigenvalue weighted by Crippen LogP contribution is -2.45. The predicted molar refractivity (Wildman–Crippen MR) is 84.0 cm³/mol. The highest BCUT2D eigenvalue weighted by molar-refractivity contribution is 6.00. The number of nitrogens with zero attached hydrogens (tertiary/aromatic N) is 1. The molecular weight excluding hydrogens is 262 g/mol. The Bertz CT molecular complexity index is 526. The number of benzene rings is 1. The van der Waals surface area contributed by atoms with E-state index in [0.717, 1.165) is 23.6 Å². The smallest absolute Gasteiger partial charge is 0.180 e. The molecule has 1 saturated carbocycles. The van der Waals surface area contributed by atoms with E-state index in [1.54, 1.807) is 7.11 Å². The Balaban J connectivity index is 1.74. The summed E-state index contributed by atoms with van der Waals surface area (Å²) in [5, 5.41) is 0. The van der Waals surface area contributed by atoms with Crippen LogP contribution in [0.25, 0.3) is 0 Å². The third-order valence-electron chi connectivity index (χ3n) is 5.11. The Morgan fingerprint density at radius 3 is 2.90 bits per heavy atom. The molecule has 1 aromatic carbocycles. The lowest BCUT2D eigenvalue weighted by atomic mass is 9.91. The zero-order valence-corrected chi connectivity index (χ0v) is 13.1. The highest BCUT2D eigenvalue weighted by Crippen LogP contribution is 2.36. The van der Waals surface area contributed by atoms with E-state index in [4.69, 9.17) is 4.74 Å². The molecule has 3 heteroatoms. The summed E-state index contributed by atoms with van der Waals surface area (Å²) in [5.41, 5.74) is 1.85. The summed E-state index contributed by atoms with van der Waals surface area (Å²) in [5.74, 6) is 1.73. The number of ether oxygens (including phenoxy) is 1. The minimum absolute atomic E-state index is 0.194. The summed E-state index contributed by atoms with van der Waals surface area (Å²) >= 11 is 0. The molecule has 1 aliphatic carbocycles. The quantitative estimate of drug-likeness (QED) is 0.794. The number of hydrogen-bond donors (Lipinski definition) is 0. The summed E-state index contributed by atoms with van der Waals surface area (Å²) in [6.45, 7) is 3.63. The minimum atomic E-state index is 0.194. The average molecular weight is 287 g/mol. The van der Waals surface area contributed by atoms with E-state index in [1.807, 2.05) is 25.1 Å². The number of aryl methyl sites for hydroxylation is 1. The maximum Gasteiger partial charge on any atom is 0.180 e. The van der Waals surface area contributed by atoms with Crippen LogP contribution in [-0.4, -0.2) is 36.9 Å². The molecule has 0 bridgehead atoms. The van der Waals surface area contributed by atoms with Gasteiger partial charge in [-0.3, -0.25) is 9.69 Å². The van der Waals surface area contributed by atoms with Gasteiger partial charge in [-0.15, -0.1) is 0 Å². The second kappa shape index (κ2) is 6.18. The van der Waals surface area contributed by atoms with Gasteiger partial charge in [-0.1, -0.05) is 12.5 Å². The van der Waals surface area contributed by atoms with Gasteiger partial charge < -0.3 is 4.74 Å². The summed E-state index contributed by atoms with van der Waals surface area (Å²) in [7, 11) is 1.64. The summed E-state index contributed by atoms with van der Waals surface area (Å²) in [4.78, 5) is 15.1. The van der Waals surface area contributed by atoms with Gasteiger partial charge in [0.05, 0.1) is 19.2 Å². The fraction of sp³-hybridized carbons (Fsp3) is 0.611. The molecule has 1 aliphatic heterocycles. The van der Waals surface area contributed by atoms with E-state index >= 15 is 0 Å². The molecule has 2 fully saturated rings. The number of carbonyl (C=O) groups is 1. The van der Waals surface area contributed by atoms with Crippen LogP contribution in [0, 0.1) is 12.8 Å². The van der Waals surface area contributed by atoms with Crippen LogP contribution in [0.1, 0.15) is 48.0 Å². The van der Waals surface area contributed by atoms with Crippen LogP contribution in [0.3, 0.4) is 0 Å². The van der Waals surface area contributed by atoms with E-state index in [2.05, 4.69) is 4.90 Å². The largest absolute Gasteiger partial charge is 0.496 e. The number of methoxy groups -OCH3 is 1. The Morgan fingerprint density at radius 1 is 1.29 bits per heavy atom. The molecular formula is C18H25NO2. The Morgan fingerprint density at radius 2 is 2.10 bits per heavy atom. The third-order valence-corrected chi connectivity index (χ3v) is 5.11. The second-order valence-electron chi connectivity index (χ2n) is 6.50. The van der Waals surface area contributed by atoms with Gasteiger partial charge in [0.25, 0.3) is 0 Å². The van der Waals surface area contributed by atoms with Crippen molar-refractivity contribution in [3.63, 3.8) is 0 Å². The highest BCUT2D eigenvalue weighted by atomic mass is 16.5. The number of ketones is 1. The van der Waals surface area contributed by atoms with Gasteiger partial charge in [0.15, 0.2) is 5.78 Å². The van der Waals surface area contributed by atoms with Gasteiger partial charge in [0.2, 0.25) is 0 Å². The molecule has 0 amide bonds. The number of rotatable bonds is 4. The number of carbonyl (C=O) groups excluding carboxylic acids is 1. The number of likely N-dealkylation sites (tertiary alicyclic amines) is 1. The lowest BCUT2D eigenvalue weighted by molar-refractivity contribution is 0.0774. The van der Waals surface area contributed by atoms with Gasteiger partial charge >= 0.3 is 0 Å². The zero-order valence-electron chi connectivity index (χ0n) is 13.1. The normalized spacial score (nSPS) is 25.6. The van der Waals surface area contributed by atoms with E-state index in [0.29, 0.717) is 18.3 Å². The predicted octanol–water partition coefficient (Wildman–Crippen LogP) is 3.45. The van der Waals surface area contributed by atoms with E-state index in [-0.39, 0.29) is 5.78 Å². The first-order valence-corrected chi connectivity index (χ1v) is 8.11. The Hall–Kier alpha value is -1.35. The average Bonchev–Trinajstić information content (AvgIpc) is 2.96. The first-order valence-electron chi connectivity index (χ1n) is 8.11. The summed E-state index contributed by atoms with van der Waals surface area (Å²) in [6.07, 6.45) is 6.53. The van der Waals surface area contributed by atoms with E-state index in [1.165, 1.54) is 32.1 Å². The highest BCUT2D eigenvalue weighted by Gasteiger charge is 2.35. The molecule has 2 unspecified atom stereocenters. The molecule has 114 valence electrons. The third kappa shape index (κ3) is 2.98. The number of Topliss-reactive ketones (excluding diaryl/α,β-unsaturated/α-hetero) is 1. The van der Waals surface area contributed by atoms with Crippen molar-refractivity contribution in [1.29, 1.82) is 0 Å². The van der Waals surface area contributed by atoms with E-state index < -0.39 is 0 Å². The first kappa shape index (κ1) is 14.6. The van der Waals surface area contributed by atoms with Crippen molar-refractivity contribution in [3.8, 4) is 5.75 Å². The molecule has 0 aromatic heterocycles. The van der Waals surface area contributed by atoms with Crippen molar-refractivity contribution >= 4 is 5.78 Å². The van der Waals surface area contributed by atoms with Crippen LogP contribution in [-0.2, 0) is 0 Å². The molecule has 0 N–H and O–H groups in total. The van der Waals surface area contributed by atoms with Crippen LogP contribution < -0.4 is 4.74 Å². The SMILES string of the molecule is COc1cc(C)ccc1C(=O)CN1CCCC2CCCC21. The number of piperidine rings is 1. The Labute approximate surface area is 127 Å². The van der Waals surface area contributed by atoms with Crippen LogP contribution in [0.2, 0.25) is 0 Å². The molecule has 3 rings (SSSR count). The van der Waals surface area contributed by atoms with Crippen LogP contribution in [0.5, 0.6) is 5.75 Å². The minimum Gasteiger partial charge on any atom is -0.496 e. The fourth-order valence-corrected chi connectivity index (χ4v) is 4.05. The second-order valence-corrected chi connectivity index (χ2v) is 6.50. The molecule has 2 atom stereocenters. The monoisotopic (exact) mass is 287 g/mol. The molecule has 3 nitrogen and oxygen atoms in total. The van der Waals surface area contributed by atoms with Crippen molar-refractivity contribution in [2.75, 3.05) is 20.2 Å². The van der Waals surface area contributed by atoms with Crippen molar-refractivity contribution in [3.05, 3.63) is 29.3 Å². The van der Waals surface area contributed by atoms with Crippen LogP contribution in [0.15, 0.2) is 18.2 Å². The van der Waals surface area contributed by atoms with Crippen molar-refractivity contribution in [2.45, 2.75) is 45.1 Å². The molecule has 1 heterocycles. The molecule has 1 aromatic rings. The van der Waals surface area contributed by atoms with Crippen molar-refractivity contribution in [2.24, 2.45) is 5.92 Å². The standard InChI is InChI=1S/C18H25NO2/c1-13-8-9-15(18(11-13)21-2)17(20)12-19-10-4-6-14-5-3-7-16(14)19/h8-9,11,14,16H,3-7,10,12H2,1-2H3. The molecule has 21 heavy (non-hydrogen) atoms. The maximum absolute atomic E-state index is 12.7. The maximum atomic E-state index is 12.7. The first-order chi connectivity index (χ1) is 10.2. The summed E-state index contributed by atoms with van der Waals surface area (Å²) < 4.78 is 5.38. The van der Waals surface area contributed by atoms with Gasteiger partial charge in [-0.2, -0.15) is 0 Å². The molecule has 0 spiro atoms. The topological polar surface area (TPSA) is 29.5 Å². The molecule has 0 radical (unpaired) electrons. The zero-order chi connectivity index (χ0) is 14.8. The van der Waals surface area contributed by atoms with Gasteiger partial charge in [0.1, 0.15) is 5.75 Å². The van der Waals surface area contributed by atoms with Crippen molar-refractivity contribution in [1.82, 2.24) is 4.90 Å². The lowest BCUT2D eigenvalue weighted by Gasteiger charge is -2.37. The van der Waals surface area contributed by atoms with Crippen LogP contribution >= 0.6 is 0 Å². The Kier molecular flexibility index (Phi) is 4.29.